The van der Waals surface area contributed by atoms with Gasteiger partial charge in [0.2, 0.25) is 0 Å². The maximum atomic E-state index is 12.2. The summed E-state index contributed by atoms with van der Waals surface area (Å²) < 4.78 is 1.64. The molecule has 0 unspecified atom stereocenters. The number of nitrogens with zero attached hydrogens (tertiary/aromatic N) is 4. The Bertz CT molecular complexity index is 1070. The average Bonchev–Trinajstić information content (AvgIpc) is 2.94. The molecule has 0 atom stereocenters. The van der Waals surface area contributed by atoms with Crippen LogP contribution in [0.3, 0.4) is 0 Å². The number of aryl methyl sites for hydroxylation is 1. The molecule has 0 spiro atoms. The number of aromatic nitrogens is 4. The van der Waals surface area contributed by atoms with Crippen LogP contribution in [0.2, 0.25) is 0 Å². The standard InChI is InChI=1S/C16H12N4OS2/c1-10-8-23-16-18-12(6-14(21)20(10)16)9-22-15-13-5-3-2-4-11(13)7-17-19-15/h2-8H,9H2,1H3. The van der Waals surface area contributed by atoms with E-state index in [0.29, 0.717) is 5.75 Å². The fourth-order valence-electron chi connectivity index (χ4n) is 2.43. The van der Waals surface area contributed by atoms with Gasteiger partial charge in [-0.05, 0) is 6.92 Å². The molecule has 0 saturated carbocycles. The lowest BCUT2D eigenvalue weighted by molar-refractivity contribution is 0.953. The molecular formula is C16H12N4OS2. The van der Waals surface area contributed by atoms with E-state index >= 15 is 0 Å². The highest BCUT2D eigenvalue weighted by atomic mass is 32.2. The van der Waals surface area contributed by atoms with Crippen molar-refractivity contribution in [1.29, 1.82) is 0 Å². The summed E-state index contributed by atoms with van der Waals surface area (Å²) in [6, 6.07) is 9.60. The molecule has 0 saturated heterocycles. The van der Waals surface area contributed by atoms with Crippen LogP contribution in [-0.2, 0) is 5.75 Å². The molecule has 114 valence electrons. The number of rotatable bonds is 3. The van der Waals surface area contributed by atoms with E-state index in [1.807, 2.05) is 36.6 Å². The monoisotopic (exact) mass is 340 g/mol. The highest BCUT2D eigenvalue weighted by Crippen LogP contribution is 2.27. The SMILES string of the molecule is Cc1csc2nc(CSc3nncc4ccccc34)cc(=O)n12. The Morgan fingerprint density at radius 1 is 1.30 bits per heavy atom. The van der Waals surface area contributed by atoms with Crippen molar-refractivity contribution in [2.45, 2.75) is 17.7 Å². The zero-order chi connectivity index (χ0) is 15.8. The van der Waals surface area contributed by atoms with Crippen LogP contribution >= 0.6 is 23.1 Å². The fraction of sp³-hybridized carbons (Fsp3) is 0.125. The van der Waals surface area contributed by atoms with Crippen LogP contribution in [0, 0.1) is 6.92 Å². The first-order chi connectivity index (χ1) is 11.2. The van der Waals surface area contributed by atoms with Crippen LogP contribution in [0.15, 0.2) is 51.7 Å². The summed E-state index contributed by atoms with van der Waals surface area (Å²) in [4.78, 5) is 17.5. The summed E-state index contributed by atoms with van der Waals surface area (Å²) in [7, 11) is 0. The van der Waals surface area contributed by atoms with Gasteiger partial charge in [0.25, 0.3) is 5.56 Å². The minimum atomic E-state index is -0.0339. The zero-order valence-electron chi connectivity index (χ0n) is 12.3. The van der Waals surface area contributed by atoms with E-state index in [9.17, 15) is 4.79 Å². The average molecular weight is 340 g/mol. The lowest BCUT2D eigenvalue weighted by Crippen LogP contribution is -2.14. The van der Waals surface area contributed by atoms with E-state index < -0.39 is 0 Å². The zero-order valence-corrected chi connectivity index (χ0v) is 13.9. The number of thioether (sulfide) groups is 1. The first-order valence-electron chi connectivity index (χ1n) is 7.02. The third kappa shape index (κ3) is 2.62. The number of hydrogen-bond acceptors (Lipinski definition) is 6. The van der Waals surface area contributed by atoms with E-state index in [0.717, 1.165) is 32.1 Å². The van der Waals surface area contributed by atoms with Crippen molar-refractivity contribution < 1.29 is 0 Å². The minimum Gasteiger partial charge on any atom is -0.269 e. The molecule has 5 nitrogen and oxygen atoms in total. The lowest BCUT2D eigenvalue weighted by atomic mass is 10.2. The molecule has 0 radical (unpaired) electrons. The quantitative estimate of drug-likeness (QED) is 0.536. The summed E-state index contributed by atoms with van der Waals surface area (Å²) in [5, 5.41) is 13.2. The Hall–Kier alpha value is -2.25. The maximum Gasteiger partial charge on any atom is 0.258 e. The summed E-state index contributed by atoms with van der Waals surface area (Å²) in [5.74, 6) is 0.589. The largest absolute Gasteiger partial charge is 0.269 e. The molecule has 4 aromatic rings. The summed E-state index contributed by atoms with van der Waals surface area (Å²) in [5.41, 5.74) is 1.64. The smallest absolute Gasteiger partial charge is 0.258 e. The van der Waals surface area contributed by atoms with Crippen LogP contribution in [0.4, 0.5) is 0 Å². The second-order valence-corrected chi connectivity index (χ2v) is 6.91. The van der Waals surface area contributed by atoms with E-state index in [-0.39, 0.29) is 5.56 Å². The molecule has 23 heavy (non-hydrogen) atoms. The highest BCUT2D eigenvalue weighted by molar-refractivity contribution is 7.98. The summed E-state index contributed by atoms with van der Waals surface area (Å²) in [6.07, 6.45) is 1.75. The number of thiazole rings is 1. The molecule has 7 heteroatoms. The summed E-state index contributed by atoms with van der Waals surface area (Å²) >= 11 is 3.03. The van der Waals surface area contributed by atoms with Crippen molar-refractivity contribution >= 4 is 38.8 Å². The summed E-state index contributed by atoms with van der Waals surface area (Å²) in [6.45, 7) is 1.91. The third-order valence-electron chi connectivity index (χ3n) is 3.52. The number of fused-ring (bicyclic) bond motifs is 2. The fourth-order valence-corrected chi connectivity index (χ4v) is 4.19. The van der Waals surface area contributed by atoms with Gasteiger partial charge in [0.1, 0.15) is 5.03 Å². The van der Waals surface area contributed by atoms with Crippen molar-refractivity contribution in [3.8, 4) is 0 Å². The van der Waals surface area contributed by atoms with Crippen LogP contribution in [0.1, 0.15) is 11.4 Å². The van der Waals surface area contributed by atoms with Crippen molar-refractivity contribution in [2.75, 3.05) is 0 Å². The second-order valence-electron chi connectivity index (χ2n) is 5.11. The Labute approximate surface area is 140 Å². The second kappa shape index (κ2) is 5.75. The van der Waals surface area contributed by atoms with Gasteiger partial charge in [0.15, 0.2) is 4.96 Å². The van der Waals surface area contributed by atoms with Gasteiger partial charge < -0.3 is 0 Å². The Kier molecular flexibility index (Phi) is 3.59. The predicted molar refractivity (Wildman–Crippen MR) is 93.2 cm³/mol. The van der Waals surface area contributed by atoms with Crippen molar-refractivity contribution in [2.24, 2.45) is 0 Å². The Balaban J connectivity index is 1.67. The topological polar surface area (TPSA) is 60.2 Å². The molecule has 0 aliphatic carbocycles. The van der Waals surface area contributed by atoms with Crippen molar-refractivity contribution in [1.82, 2.24) is 19.6 Å². The lowest BCUT2D eigenvalue weighted by Gasteiger charge is -2.04. The number of hydrogen-bond donors (Lipinski definition) is 0. The molecular weight excluding hydrogens is 328 g/mol. The molecule has 3 aromatic heterocycles. The van der Waals surface area contributed by atoms with Gasteiger partial charge in [-0.1, -0.05) is 36.0 Å². The molecule has 4 rings (SSSR count). The molecule has 0 N–H and O–H groups in total. The Morgan fingerprint density at radius 3 is 3.09 bits per heavy atom. The van der Waals surface area contributed by atoms with E-state index in [1.165, 1.54) is 11.3 Å². The maximum absolute atomic E-state index is 12.2. The number of benzene rings is 1. The van der Waals surface area contributed by atoms with Gasteiger partial charge in [0.05, 0.1) is 11.9 Å². The van der Waals surface area contributed by atoms with Crippen LogP contribution < -0.4 is 5.56 Å². The highest BCUT2D eigenvalue weighted by Gasteiger charge is 2.09. The van der Waals surface area contributed by atoms with Gasteiger partial charge in [-0.15, -0.1) is 16.4 Å². The minimum absolute atomic E-state index is 0.0339. The normalized spacial score (nSPS) is 11.3. The van der Waals surface area contributed by atoms with E-state index in [4.69, 9.17) is 0 Å². The van der Waals surface area contributed by atoms with Crippen LogP contribution in [-0.4, -0.2) is 19.6 Å². The molecule has 3 heterocycles. The van der Waals surface area contributed by atoms with E-state index in [1.54, 1.807) is 28.4 Å². The van der Waals surface area contributed by atoms with Gasteiger partial charge in [-0.2, -0.15) is 5.10 Å². The van der Waals surface area contributed by atoms with Crippen molar-refractivity contribution in [3.63, 3.8) is 0 Å². The molecule has 0 fully saturated rings. The predicted octanol–water partition coefficient (Wildman–Crippen LogP) is 3.30. The molecule has 0 bridgehead atoms. The van der Waals surface area contributed by atoms with Crippen LogP contribution in [0.25, 0.3) is 15.7 Å². The first-order valence-corrected chi connectivity index (χ1v) is 8.89. The molecule has 0 aliphatic heterocycles. The molecule has 0 amide bonds. The van der Waals surface area contributed by atoms with Gasteiger partial charge in [-0.3, -0.25) is 9.20 Å². The van der Waals surface area contributed by atoms with Gasteiger partial charge in [0, 0.05) is 33.7 Å². The van der Waals surface area contributed by atoms with E-state index in [2.05, 4.69) is 15.2 Å². The van der Waals surface area contributed by atoms with Gasteiger partial charge in [-0.25, -0.2) is 4.98 Å². The van der Waals surface area contributed by atoms with Crippen molar-refractivity contribution in [3.05, 3.63) is 63.7 Å². The van der Waals surface area contributed by atoms with Crippen LogP contribution in [0.5, 0.6) is 0 Å². The third-order valence-corrected chi connectivity index (χ3v) is 5.48. The first kappa shape index (κ1) is 14.3. The molecule has 1 aromatic carbocycles. The Morgan fingerprint density at radius 2 is 2.17 bits per heavy atom. The molecule has 0 aliphatic rings. The van der Waals surface area contributed by atoms with Gasteiger partial charge >= 0.3 is 0 Å².